The van der Waals surface area contributed by atoms with Gasteiger partial charge in [-0.1, -0.05) is 43.8 Å². The van der Waals surface area contributed by atoms with Gasteiger partial charge in [-0.25, -0.2) is 0 Å². The maximum absolute atomic E-state index is 10.3. The molecular weight excluding hydrogens is 392 g/mol. The summed E-state index contributed by atoms with van der Waals surface area (Å²) in [6.45, 7) is 4.63. The first-order valence-electron chi connectivity index (χ1n) is 9.36. The van der Waals surface area contributed by atoms with Crippen molar-refractivity contribution in [3.05, 3.63) is 48.0 Å². The molecule has 2 aromatic carbocycles. The van der Waals surface area contributed by atoms with Crippen LogP contribution in [0.15, 0.2) is 52.1 Å². The Hall–Kier alpha value is -2.71. The lowest BCUT2D eigenvalue weighted by molar-refractivity contribution is 0.125. The Kier molecular flexibility index (Phi) is 5.92. The monoisotopic (exact) mass is 414 g/mol. The first-order chi connectivity index (χ1) is 14.1. The molecule has 1 aliphatic heterocycles. The first kappa shape index (κ1) is 19.6. The van der Waals surface area contributed by atoms with Crippen molar-refractivity contribution in [2.24, 2.45) is 0 Å². The van der Waals surface area contributed by atoms with E-state index in [-0.39, 0.29) is 13.4 Å². The molecule has 0 amide bonds. The number of aromatic nitrogens is 2. The van der Waals surface area contributed by atoms with E-state index in [0.717, 1.165) is 16.9 Å². The van der Waals surface area contributed by atoms with E-state index in [0.29, 0.717) is 34.3 Å². The minimum atomic E-state index is -0.666. The number of aliphatic hydroxyl groups is 1. The number of ether oxygens (including phenoxy) is 3. The molecule has 0 fully saturated rings. The Balaban J connectivity index is 1.31. The highest BCUT2D eigenvalue weighted by atomic mass is 32.2. The SMILES string of the molecule is CC(C)c1ccccc1OC[C@H](O)CSc1nnc(-c2ccc3c(c2)OCO3)o1. The third-order valence-corrected chi connectivity index (χ3v) is 5.36. The highest BCUT2D eigenvalue weighted by Crippen LogP contribution is 2.36. The molecule has 0 bridgehead atoms. The van der Waals surface area contributed by atoms with Crippen LogP contribution >= 0.6 is 11.8 Å². The molecule has 4 rings (SSSR count). The van der Waals surface area contributed by atoms with E-state index in [1.165, 1.54) is 11.8 Å². The van der Waals surface area contributed by atoms with Gasteiger partial charge in [0.05, 0.1) is 6.10 Å². The third-order valence-electron chi connectivity index (χ3n) is 4.40. The normalized spacial score (nSPS) is 13.7. The topological polar surface area (TPSA) is 86.8 Å². The molecule has 0 radical (unpaired) electrons. The zero-order valence-electron chi connectivity index (χ0n) is 16.2. The molecule has 152 valence electrons. The van der Waals surface area contributed by atoms with Gasteiger partial charge in [0.15, 0.2) is 11.5 Å². The van der Waals surface area contributed by atoms with Gasteiger partial charge in [0.1, 0.15) is 12.4 Å². The summed E-state index contributed by atoms with van der Waals surface area (Å²) in [5, 5.41) is 18.8. The van der Waals surface area contributed by atoms with Crippen LogP contribution in [-0.4, -0.2) is 40.6 Å². The molecule has 3 aromatic rings. The molecule has 1 atom stereocenters. The zero-order valence-corrected chi connectivity index (χ0v) is 17.0. The fourth-order valence-corrected chi connectivity index (χ4v) is 3.57. The second kappa shape index (κ2) is 8.75. The van der Waals surface area contributed by atoms with Gasteiger partial charge in [-0.2, -0.15) is 0 Å². The van der Waals surface area contributed by atoms with Crippen LogP contribution in [0.4, 0.5) is 0 Å². The van der Waals surface area contributed by atoms with Crippen molar-refractivity contribution in [2.75, 3.05) is 19.2 Å². The molecule has 2 heterocycles. The molecular formula is C21H22N2O5S. The summed E-state index contributed by atoms with van der Waals surface area (Å²) in [6, 6.07) is 13.3. The van der Waals surface area contributed by atoms with Crippen molar-refractivity contribution in [3.63, 3.8) is 0 Å². The average Bonchev–Trinajstić information content (AvgIpc) is 3.39. The number of aliphatic hydroxyl groups excluding tert-OH is 1. The van der Waals surface area contributed by atoms with Crippen LogP contribution in [0.5, 0.6) is 17.2 Å². The van der Waals surface area contributed by atoms with Gasteiger partial charge in [0, 0.05) is 11.3 Å². The molecule has 7 nitrogen and oxygen atoms in total. The maximum atomic E-state index is 10.3. The highest BCUT2D eigenvalue weighted by molar-refractivity contribution is 7.99. The lowest BCUT2D eigenvalue weighted by Crippen LogP contribution is -2.20. The summed E-state index contributed by atoms with van der Waals surface area (Å²) in [5.74, 6) is 3.28. The van der Waals surface area contributed by atoms with Crippen LogP contribution in [0.1, 0.15) is 25.3 Å². The smallest absolute Gasteiger partial charge is 0.276 e. The summed E-state index contributed by atoms with van der Waals surface area (Å²) in [7, 11) is 0. The lowest BCUT2D eigenvalue weighted by Gasteiger charge is -2.16. The van der Waals surface area contributed by atoms with Crippen molar-refractivity contribution in [2.45, 2.75) is 31.1 Å². The second-order valence-corrected chi connectivity index (χ2v) is 7.88. The maximum Gasteiger partial charge on any atom is 0.276 e. The highest BCUT2D eigenvalue weighted by Gasteiger charge is 2.17. The van der Waals surface area contributed by atoms with Crippen LogP contribution in [0.25, 0.3) is 11.5 Å². The Labute approximate surface area is 173 Å². The quantitative estimate of drug-likeness (QED) is 0.551. The number of fused-ring (bicyclic) bond motifs is 1. The van der Waals surface area contributed by atoms with Gasteiger partial charge in [0.25, 0.3) is 5.22 Å². The van der Waals surface area contributed by atoms with Crippen molar-refractivity contribution in [1.82, 2.24) is 10.2 Å². The Morgan fingerprint density at radius 2 is 1.93 bits per heavy atom. The number of thioether (sulfide) groups is 1. The number of nitrogens with zero attached hydrogens (tertiary/aromatic N) is 2. The molecule has 0 spiro atoms. The van der Waals surface area contributed by atoms with Crippen molar-refractivity contribution in [3.8, 4) is 28.7 Å². The zero-order chi connectivity index (χ0) is 20.2. The van der Waals surface area contributed by atoms with Gasteiger partial charge < -0.3 is 23.7 Å². The molecule has 0 saturated carbocycles. The van der Waals surface area contributed by atoms with E-state index in [4.69, 9.17) is 18.6 Å². The summed E-state index contributed by atoms with van der Waals surface area (Å²) in [4.78, 5) is 0. The predicted octanol–water partition coefficient (Wildman–Crippen LogP) is 4.12. The van der Waals surface area contributed by atoms with Crippen molar-refractivity contribution >= 4 is 11.8 Å². The number of para-hydroxylation sites is 1. The number of rotatable bonds is 8. The molecule has 1 aliphatic rings. The first-order valence-corrected chi connectivity index (χ1v) is 10.3. The van der Waals surface area contributed by atoms with E-state index in [2.05, 4.69) is 24.0 Å². The number of benzene rings is 2. The van der Waals surface area contributed by atoms with E-state index >= 15 is 0 Å². The summed E-state index contributed by atoms with van der Waals surface area (Å²) in [5.41, 5.74) is 1.88. The van der Waals surface area contributed by atoms with Gasteiger partial charge in [-0.05, 0) is 35.7 Å². The van der Waals surface area contributed by atoms with Gasteiger partial charge >= 0.3 is 0 Å². The molecule has 0 saturated heterocycles. The third kappa shape index (κ3) is 4.65. The summed E-state index contributed by atoms with van der Waals surface area (Å²) >= 11 is 1.29. The molecule has 29 heavy (non-hydrogen) atoms. The summed E-state index contributed by atoms with van der Waals surface area (Å²) < 4.78 is 22.2. The molecule has 0 aliphatic carbocycles. The minimum absolute atomic E-state index is 0.194. The van der Waals surface area contributed by atoms with E-state index in [1.807, 2.05) is 36.4 Å². The molecule has 1 N–H and O–H groups in total. The van der Waals surface area contributed by atoms with Gasteiger partial charge in [-0.3, -0.25) is 0 Å². The Morgan fingerprint density at radius 3 is 2.79 bits per heavy atom. The van der Waals surface area contributed by atoms with E-state index in [9.17, 15) is 5.11 Å². The Morgan fingerprint density at radius 1 is 1.10 bits per heavy atom. The lowest BCUT2D eigenvalue weighted by atomic mass is 10.0. The van der Waals surface area contributed by atoms with Crippen molar-refractivity contribution in [1.29, 1.82) is 0 Å². The van der Waals surface area contributed by atoms with Crippen LogP contribution in [0.2, 0.25) is 0 Å². The Bertz CT molecular complexity index is 975. The molecule has 0 unspecified atom stereocenters. The van der Waals surface area contributed by atoms with Crippen LogP contribution in [0.3, 0.4) is 0 Å². The van der Waals surface area contributed by atoms with Crippen LogP contribution < -0.4 is 14.2 Å². The summed E-state index contributed by atoms with van der Waals surface area (Å²) in [6.07, 6.45) is -0.666. The number of hydrogen-bond acceptors (Lipinski definition) is 8. The fraction of sp³-hybridized carbons (Fsp3) is 0.333. The van der Waals surface area contributed by atoms with E-state index in [1.54, 1.807) is 6.07 Å². The average molecular weight is 414 g/mol. The molecule has 8 heteroatoms. The molecule has 1 aromatic heterocycles. The van der Waals surface area contributed by atoms with Crippen LogP contribution in [-0.2, 0) is 0 Å². The van der Waals surface area contributed by atoms with Crippen LogP contribution in [0, 0.1) is 0 Å². The second-order valence-electron chi connectivity index (χ2n) is 6.91. The van der Waals surface area contributed by atoms with E-state index < -0.39 is 6.10 Å². The standard InChI is InChI=1S/C21H22N2O5S/c1-13(2)16-5-3-4-6-17(16)25-10-15(24)11-29-21-23-22-20(28-21)14-7-8-18-19(9-14)27-12-26-18/h3-9,13,15,24H,10-12H2,1-2H3/t15-/m0/s1. The van der Waals surface area contributed by atoms with Gasteiger partial charge in [-0.15, -0.1) is 10.2 Å². The van der Waals surface area contributed by atoms with Gasteiger partial charge in [0.2, 0.25) is 12.7 Å². The minimum Gasteiger partial charge on any atom is -0.491 e. The predicted molar refractivity (Wildman–Crippen MR) is 109 cm³/mol. The van der Waals surface area contributed by atoms with Crippen molar-refractivity contribution < 1.29 is 23.7 Å². The number of hydrogen-bond donors (Lipinski definition) is 1. The fourth-order valence-electron chi connectivity index (χ4n) is 2.90. The largest absolute Gasteiger partial charge is 0.491 e.